The minimum atomic E-state index is -0.253. The van der Waals surface area contributed by atoms with Crippen molar-refractivity contribution < 1.29 is 28.5 Å². The summed E-state index contributed by atoms with van der Waals surface area (Å²) in [7, 11) is 0. The van der Waals surface area contributed by atoms with Crippen LogP contribution in [0.2, 0.25) is 0 Å². The second-order valence-corrected chi connectivity index (χ2v) is 14.4. The van der Waals surface area contributed by atoms with Gasteiger partial charge < -0.3 is 19.3 Å². The van der Waals surface area contributed by atoms with E-state index in [0.717, 1.165) is 57.9 Å². The van der Waals surface area contributed by atoms with Crippen LogP contribution in [-0.4, -0.2) is 27.9 Å². The van der Waals surface area contributed by atoms with Gasteiger partial charge in [0.2, 0.25) is 0 Å². The Hall–Kier alpha value is -4.32. The van der Waals surface area contributed by atoms with Gasteiger partial charge in [0.05, 0.1) is 23.0 Å². The second-order valence-electron chi connectivity index (χ2n) is 14.4. The molecule has 2 N–H and O–H groups in total. The van der Waals surface area contributed by atoms with Gasteiger partial charge in [0.25, 0.3) is 0 Å². The molecule has 242 valence electrons. The van der Waals surface area contributed by atoms with Crippen LogP contribution < -0.4 is 14.2 Å². The second kappa shape index (κ2) is 12.5. The fraction of sp³-hybridized carbons (Fsp3) is 0.400. The van der Waals surface area contributed by atoms with Crippen molar-refractivity contribution in [1.29, 1.82) is 0 Å². The normalized spacial score (nSPS) is 18.2. The molecule has 2 unspecified atom stereocenters. The molecule has 1 aliphatic carbocycles. The monoisotopic (exact) mass is 624 g/mol. The SMILES string of the molecule is CCC(C)Oc1ccc2c(c1)C(=CC1=C(O)C(=Cc3cc(C(C)(C)C)[o+]c4ccc(OC(C)CC)cc34)C1=[OH+])C=C(C(C)(C)C)O2. The summed E-state index contributed by atoms with van der Waals surface area (Å²) >= 11 is 0. The van der Waals surface area contributed by atoms with Gasteiger partial charge in [-0.2, -0.15) is 0 Å². The van der Waals surface area contributed by atoms with Crippen molar-refractivity contribution in [3.63, 3.8) is 0 Å². The summed E-state index contributed by atoms with van der Waals surface area (Å²) in [6, 6.07) is 13.6. The van der Waals surface area contributed by atoms with Crippen LogP contribution in [0.25, 0.3) is 22.6 Å². The van der Waals surface area contributed by atoms with E-state index in [0.29, 0.717) is 22.5 Å². The maximum Gasteiger partial charge on any atom is 0.361 e. The number of aliphatic hydroxyl groups excluding tert-OH is 1. The molecule has 0 saturated heterocycles. The zero-order valence-corrected chi connectivity index (χ0v) is 28.9. The minimum Gasteiger partial charge on any atom is -0.506 e. The summed E-state index contributed by atoms with van der Waals surface area (Å²) in [4.78, 5) is 11.4. The van der Waals surface area contributed by atoms with Gasteiger partial charge in [0, 0.05) is 28.7 Å². The molecule has 0 amide bonds. The van der Waals surface area contributed by atoms with Gasteiger partial charge in [-0.25, -0.2) is 4.42 Å². The van der Waals surface area contributed by atoms with E-state index >= 15 is 0 Å². The van der Waals surface area contributed by atoms with E-state index in [9.17, 15) is 9.90 Å². The summed E-state index contributed by atoms with van der Waals surface area (Å²) in [6.45, 7) is 20.8. The topological polar surface area (TPSA) is 80.6 Å². The Bertz CT molecular complexity index is 1810. The van der Waals surface area contributed by atoms with E-state index < -0.39 is 0 Å². The predicted octanol–water partition coefficient (Wildman–Crippen LogP) is 10.5. The smallest absolute Gasteiger partial charge is 0.361 e. The van der Waals surface area contributed by atoms with Crippen LogP contribution in [0.4, 0.5) is 0 Å². The first-order chi connectivity index (χ1) is 21.6. The molecule has 6 heteroatoms. The van der Waals surface area contributed by atoms with Crippen molar-refractivity contribution in [2.24, 2.45) is 5.41 Å². The lowest BCUT2D eigenvalue weighted by atomic mass is 9.83. The van der Waals surface area contributed by atoms with Gasteiger partial charge >= 0.3 is 17.1 Å². The maximum atomic E-state index is 11.4. The number of benzene rings is 2. The van der Waals surface area contributed by atoms with E-state index in [1.54, 1.807) is 0 Å². The zero-order valence-electron chi connectivity index (χ0n) is 28.9. The summed E-state index contributed by atoms with van der Waals surface area (Å²) in [5.74, 6) is 3.81. The number of fused-ring (bicyclic) bond motifs is 2. The molecule has 6 nitrogen and oxygen atoms in total. The van der Waals surface area contributed by atoms with E-state index in [1.165, 1.54) is 0 Å². The molecular formula is C40H48O6+2. The Morgan fingerprint density at radius 3 is 2.09 bits per heavy atom. The first-order valence-corrected chi connectivity index (χ1v) is 16.3. The molecule has 2 heterocycles. The fourth-order valence-electron chi connectivity index (χ4n) is 5.17. The van der Waals surface area contributed by atoms with Crippen molar-refractivity contribution in [2.45, 2.75) is 99.7 Å². The van der Waals surface area contributed by atoms with E-state index in [2.05, 4.69) is 55.4 Å². The largest absolute Gasteiger partial charge is 0.506 e. The maximum absolute atomic E-state index is 11.4. The lowest BCUT2D eigenvalue weighted by molar-refractivity contribution is 0.217. The molecule has 0 spiro atoms. The predicted molar refractivity (Wildman–Crippen MR) is 187 cm³/mol. The zero-order chi connectivity index (χ0) is 33.6. The first-order valence-electron chi connectivity index (χ1n) is 16.3. The lowest BCUT2D eigenvalue weighted by Crippen LogP contribution is -2.22. The molecular weight excluding hydrogens is 576 g/mol. The van der Waals surface area contributed by atoms with Gasteiger partial charge in [-0.3, -0.25) is 4.79 Å². The Balaban J connectivity index is 1.61. The van der Waals surface area contributed by atoms with Crippen LogP contribution in [0.3, 0.4) is 0 Å². The Morgan fingerprint density at radius 1 is 0.870 bits per heavy atom. The molecule has 2 atom stereocenters. The molecule has 3 aromatic rings. The number of ether oxygens (including phenoxy) is 3. The lowest BCUT2D eigenvalue weighted by Gasteiger charge is -2.29. The molecule has 5 rings (SSSR count). The molecule has 1 aliphatic heterocycles. The van der Waals surface area contributed by atoms with E-state index in [4.69, 9.17) is 18.6 Å². The summed E-state index contributed by atoms with van der Waals surface area (Å²) < 4.78 is 24.8. The van der Waals surface area contributed by atoms with Crippen LogP contribution in [0, 0.1) is 5.41 Å². The Morgan fingerprint density at radius 2 is 1.50 bits per heavy atom. The molecule has 2 aliphatic rings. The number of aliphatic hydroxyl groups is 1. The number of rotatable bonds is 8. The summed E-state index contributed by atoms with van der Waals surface area (Å²) in [5, 5.41) is 12.2. The summed E-state index contributed by atoms with van der Waals surface area (Å²) in [6.07, 6.45) is 7.52. The van der Waals surface area contributed by atoms with Crippen LogP contribution in [0.1, 0.15) is 99.0 Å². The first kappa shape index (κ1) is 33.1. The third-order valence-electron chi connectivity index (χ3n) is 8.46. The molecule has 0 fully saturated rings. The third-order valence-corrected chi connectivity index (χ3v) is 8.46. The minimum absolute atomic E-state index is 0.0222. The Labute approximate surface area is 273 Å². The highest BCUT2D eigenvalue weighted by Crippen LogP contribution is 2.43. The highest BCUT2D eigenvalue weighted by molar-refractivity contribution is 6.25. The average molecular weight is 625 g/mol. The fourth-order valence-corrected chi connectivity index (χ4v) is 5.17. The molecule has 46 heavy (non-hydrogen) atoms. The van der Waals surface area contributed by atoms with Crippen molar-refractivity contribution in [2.75, 3.05) is 0 Å². The van der Waals surface area contributed by atoms with Crippen LogP contribution >= 0.6 is 0 Å². The van der Waals surface area contributed by atoms with Gasteiger partial charge in [0.1, 0.15) is 39.9 Å². The number of hydrogen-bond acceptors (Lipinski definition) is 4. The standard InChI is InChI=1S/C40H46O6/c1-11-23(3)43-27-13-15-33-29(21-27)25(19-35(45-33)39(5,6)7)17-31-37(41)32(38(31)42)18-26-20-36(40(8,9)10)46-34-16-14-28(22-30(26)34)44-24(4)12-2/h13-24H,11-12H2,1-10H3/p+2. The Kier molecular flexibility index (Phi) is 8.96. The molecule has 2 aromatic carbocycles. The molecule has 0 radical (unpaired) electrons. The van der Waals surface area contributed by atoms with Crippen molar-refractivity contribution in [3.05, 3.63) is 94.2 Å². The van der Waals surface area contributed by atoms with Crippen LogP contribution in [0.5, 0.6) is 17.2 Å². The summed E-state index contributed by atoms with van der Waals surface area (Å²) in [5.41, 5.74) is 3.40. The van der Waals surface area contributed by atoms with E-state index in [-0.39, 0.29) is 34.6 Å². The average Bonchev–Trinajstić information content (AvgIpc) is 3.00. The van der Waals surface area contributed by atoms with Crippen LogP contribution in [-0.2, 0) is 5.41 Å². The number of hydrogen-bond donors (Lipinski definition) is 1. The number of ketones is 1. The van der Waals surface area contributed by atoms with Crippen molar-refractivity contribution in [3.8, 4) is 17.2 Å². The van der Waals surface area contributed by atoms with Crippen molar-refractivity contribution >= 4 is 28.4 Å². The van der Waals surface area contributed by atoms with Gasteiger partial charge in [0.15, 0.2) is 0 Å². The molecule has 0 bridgehead atoms. The highest BCUT2D eigenvalue weighted by Gasteiger charge is 2.40. The van der Waals surface area contributed by atoms with Crippen molar-refractivity contribution in [1.82, 2.24) is 0 Å². The number of allylic oxidation sites excluding steroid dienone is 6. The van der Waals surface area contributed by atoms with Gasteiger partial charge in [-0.05, 0) is 102 Å². The van der Waals surface area contributed by atoms with Gasteiger partial charge in [-0.15, -0.1) is 0 Å². The van der Waals surface area contributed by atoms with Crippen LogP contribution in [0.15, 0.2) is 81.7 Å². The quantitative estimate of drug-likeness (QED) is 0.199. The molecule has 1 aromatic heterocycles. The third kappa shape index (κ3) is 6.76. The highest BCUT2D eigenvalue weighted by atomic mass is 16.5. The number of carbonyl (C=O) groups excluding carboxylic acids is 1. The van der Waals surface area contributed by atoms with Gasteiger partial charge in [-0.1, -0.05) is 34.6 Å². The van der Waals surface area contributed by atoms with E-state index in [1.807, 2.05) is 74.5 Å². The molecule has 0 saturated carbocycles.